The summed E-state index contributed by atoms with van der Waals surface area (Å²) in [6.45, 7) is 0. The summed E-state index contributed by atoms with van der Waals surface area (Å²) < 4.78 is 11.3. The summed E-state index contributed by atoms with van der Waals surface area (Å²) in [5.74, 6) is 1.37. The predicted octanol–water partition coefficient (Wildman–Crippen LogP) is 2.79. The van der Waals surface area contributed by atoms with Crippen molar-refractivity contribution in [2.75, 3.05) is 14.2 Å². The average molecular weight is 298 g/mol. The van der Waals surface area contributed by atoms with Crippen molar-refractivity contribution in [1.29, 1.82) is 0 Å². The molecule has 0 atom stereocenters. The van der Waals surface area contributed by atoms with Crippen LogP contribution in [0.15, 0.2) is 21.6 Å². The monoisotopic (exact) mass is 297 g/mol. The van der Waals surface area contributed by atoms with Gasteiger partial charge in [-0.25, -0.2) is 4.79 Å². The zero-order chi connectivity index (χ0) is 12.5. The van der Waals surface area contributed by atoms with Crippen LogP contribution in [-0.2, 0) is 10.3 Å². The van der Waals surface area contributed by atoms with Gasteiger partial charge in [-0.05, 0) is 34.8 Å². The van der Waals surface area contributed by atoms with Crippen molar-refractivity contribution in [2.24, 2.45) is 4.99 Å². The van der Waals surface area contributed by atoms with E-state index in [-0.39, 0.29) is 0 Å². The highest BCUT2D eigenvalue weighted by Gasteiger charge is 2.47. The van der Waals surface area contributed by atoms with E-state index in [1.807, 2.05) is 6.07 Å². The van der Waals surface area contributed by atoms with E-state index in [0.717, 1.165) is 22.9 Å². The predicted molar refractivity (Wildman–Crippen MR) is 66.3 cm³/mol. The van der Waals surface area contributed by atoms with Crippen LogP contribution in [0.4, 0.5) is 0 Å². The summed E-state index contributed by atoms with van der Waals surface area (Å²) in [7, 11) is 3.18. The fourth-order valence-electron chi connectivity index (χ4n) is 1.87. The number of methoxy groups -OCH3 is 2. The SMILES string of the molecule is COc1cc(OC)c(C2(N=C=O)CC2)cc1Br. The number of carbonyl (C=O) groups excluding carboxylic acids is 1. The van der Waals surface area contributed by atoms with Gasteiger partial charge in [0.2, 0.25) is 6.08 Å². The molecule has 1 aromatic carbocycles. The van der Waals surface area contributed by atoms with E-state index < -0.39 is 5.54 Å². The number of hydrogen-bond donors (Lipinski definition) is 0. The fraction of sp³-hybridized carbons (Fsp3) is 0.417. The van der Waals surface area contributed by atoms with Crippen molar-refractivity contribution in [3.8, 4) is 11.5 Å². The summed E-state index contributed by atoms with van der Waals surface area (Å²) in [4.78, 5) is 14.4. The highest BCUT2D eigenvalue weighted by molar-refractivity contribution is 9.10. The van der Waals surface area contributed by atoms with Gasteiger partial charge in [-0.15, -0.1) is 0 Å². The summed E-state index contributed by atoms with van der Waals surface area (Å²) in [6, 6.07) is 3.69. The molecule has 1 fully saturated rings. The lowest BCUT2D eigenvalue weighted by atomic mass is 10.0. The Morgan fingerprint density at radius 1 is 1.29 bits per heavy atom. The Kier molecular flexibility index (Phi) is 3.22. The third kappa shape index (κ3) is 2.08. The number of benzene rings is 1. The largest absolute Gasteiger partial charge is 0.496 e. The van der Waals surface area contributed by atoms with Gasteiger partial charge in [-0.3, -0.25) is 0 Å². The number of hydrogen-bond acceptors (Lipinski definition) is 4. The molecule has 0 saturated heterocycles. The molecule has 17 heavy (non-hydrogen) atoms. The van der Waals surface area contributed by atoms with E-state index >= 15 is 0 Å². The maximum atomic E-state index is 10.5. The normalized spacial score (nSPS) is 15.9. The number of aliphatic imine (C=N–C) groups is 1. The van der Waals surface area contributed by atoms with Crippen LogP contribution in [0.3, 0.4) is 0 Å². The Hall–Kier alpha value is -1.32. The minimum atomic E-state index is -0.443. The van der Waals surface area contributed by atoms with Gasteiger partial charge in [0.05, 0.1) is 18.7 Å². The van der Waals surface area contributed by atoms with Crippen LogP contribution in [0.25, 0.3) is 0 Å². The molecule has 90 valence electrons. The van der Waals surface area contributed by atoms with Crippen molar-refractivity contribution < 1.29 is 14.3 Å². The molecular weight excluding hydrogens is 286 g/mol. The molecule has 0 aromatic heterocycles. The molecule has 0 unspecified atom stereocenters. The van der Waals surface area contributed by atoms with Crippen LogP contribution in [0.2, 0.25) is 0 Å². The Bertz CT molecular complexity index is 491. The lowest BCUT2D eigenvalue weighted by Gasteiger charge is -2.15. The smallest absolute Gasteiger partial charge is 0.235 e. The van der Waals surface area contributed by atoms with Crippen LogP contribution >= 0.6 is 15.9 Å². The van der Waals surface area contributed by atoms with Crippen molar-refractivity contribution >= 4 is 22.0 Å². The van der Waals surface area contributed by atoms with E-state index in [4.69, 9.17) is 9.47 Å². The molecule has 0 spiro atoms. The minimum Gasteiger partial charge on any atom is -0.496 e. The molecule has 1 aliphatic rings. The molecule has 0 bridgehead atoms. The molecule has 0 aliphatic heterocycles. The maximum absolute atomic E-state index is 10.5. The number of isocyanates is 1. The molecule has 0 N–H and O–H groups in total. The second kappa shape index (κ2) is 4.51. The summed E-state index contributed by atoms with van der Waals surface area (Å²) >= 11 is 3.42. The Morgan fingerprint density at radius 3 is 2.41 bits per heavy atom. The zero-order valence-electron chi connectivity index (χ0n) is 9.62. The van der Waals surface area contributed by atoms with Gasteiger partial charge < -0.3 is 9.47 Å². The first-order valence-corrected chi connectivity index (χ1v) is 5.97. The quantitative estimate of drug-likeness (QED) is 0.634. The molecule has 4 nitrogen and oxygen atoms in total. The van der Waals surface area contributed by atoms with Crippen LogP contribution in [0.5, 0.6) is 11.5 Å². The highest BCUT2D eigenvalue weighted by Crippen LogP contribution is 2.53. The molecule has 1 aliphatic carbocycles. The van der Waals surface area contributed by atoms with Crippen molar-refractivity contribution in [1.82, 2.24) is 0 Å². The lowest BCUT2D eigenvalue weighted by molar-refractivity contribution is 0.386. The molecule has 0 heterocycles. The Morgan fingerprint density at radius 2 is 1.94 bits per heavy atom. The molecular formula is C12H12BrNO3. The van der Waals surface area contributed by atoms with Gasteiger partial charge in [-0.1, -0.05) is 0 Å². The van der Waals surface area contributed by atoms with Gasteiger partial charge in [-0.2, -0.15) is 4.99 Å². The zero-order valence-corrected chi connectivity index (χ0v) is 11.2. The third-order valence-corrected chi connectivity index (χ3v) is 3.58. The minimum absolute atomic E-state index is 0.443. The molecule has 2 rings (SSSR count). The van der Waals surface area contributed by atoms with Gasteiger partial charge >= 0.3 is 0 Å². The van der Waals surface area contributed by atoms with Crippen molar-refractivity contribution in [3.05, 3.63) is 22.2 Å². The molecule has 0 radical (unpaired) electrons. The first-order chi connectivity index (χ1) is 8.16. The lowest BCUT2D eigenvalue weighted by Crippen LogP contribution is -2.05. The van der Waals surface area contributed by atoms with Crippen LogP contribution in [0, 0.1) is 0 Å². The number of ether oxygens (including phenoxy) is 2. The standard InChI is InChI=1S/C12H12BrNO3/c1-16-10-6-11(17-2)9(13)5-8(10)12(3-4-12)14-7-15/h5-6H,3-4H2,1-2H3. The van der Waals surface area contributed by atoms with Crippen LogP contribution in [-0.4, -0.2) is 20.3 Å². The number of nitrogens with zero attached hydrogens (tertiary/aromatic N) is 1. The first-order valence-electron chi connectivity index (χ1n) is 5.18. The van der Waals surface area contributed by atoms with Crippen LogP contribution in [0.1, 0.15) is 18.4 Å². The highest BCUT2D eigenvalue weighted by atomic mass is 79.9. The summed E-state index contributed by atoms with van der Waals surface area (Å²) in [5.41, 5.74) is 0.457. The van der Waals surface area contributed by atoms with Crippen molar-refractivity contribution in [2.45, 2.75) is 18.4 Å². The van der Waals surface area contributed by atoms with E-state index in [1.165, 1.54) is 0 Å². The van der Waals surface area contributed by atoms with E-state index in [1.54, 1.807) is 26.4 Å². The molecule has 1 aromatic rings. The van der Waals surface area contributed by atoms with Gasteiger partial charge in [0, 0.05) is 11.6 Å². The van der Waals surface area contributed by atoms with E-state index in [9.17, 15) is 4.79 Å². The first kappa shape index (κ1) is 12.1. The summed E-state index contributed by atoms with van der Waals surface area (Å²) in [6.07, 6.45) is 3.33. The van der Waals surface area contributed by atoms with Crippen LogP contribution < -0.4 is 9.47 Å². The number of rotatable bonds is 4. The Labute approximate surface area is 108 Å². The van der Waals surface area contributed by atoms with Gasteiger partial charge in [0.15, 0.2) is 0 Å². The van der Waals surface area contributed by atoms with Gasteiger partial charge in [0.1, 0.15) is 17.0 Å². The van der Waals surface area contributed by atoms with E-state index in [0.29, 0.717) is 11.5 Å². The maximum Gasteiger partial charge on any atom is 0.235 e. The number of halogens is 1. The summed E-state index contributed by atoms with van der Waals surface area (Å²) in [5, 5.41) is 0. The van der Waals surface area contributed by atoms with E-state index in [2.05, 4.69) is 20.9 Å². The molecule has 0 amide bonds. The van der Waals surface area contributed by atoms with Crippen molar-refractivity contribution in [3.63, 3.8) is 0 Å². The fourth-order valence-corrected chi connectivity index (χ4v) is 2.38. The second-order valence-electron chi connectivity index (χ2n) is 3.92. The molecule has 5 heteroatoms. The third-order valence-electron chi connectivity index (χ3n) is 2.96. The Balaban J connectivity index is 2.54. The second-order valence-corrected chi connectivity index (χ2v) is 4.78. The topological polar surface area (TPSA) is 47.9 Å². The molecule has 1 saturated carbocycles. The van der Waals surface area contributed by atoms with Gasteiger partial charge in [0.25, 0.3) is 0 Å². The average Bonchev–Trinajstić information content (AvgIpc) is 3.10.